The van der Waals surface area contributed by atoms with Gasteiger partial charge in [-0.25, -0.2) is 0 Å². The zero-order chi connectivity index (χ0) is 7.84. The fraction of sp³-hybridized carbons (Fsp3) is 0.500. The molecule has 0 amide bonds. The van der Waals surface area contributed by atoms with Crippen LogP contribution in [0.1, 0.15) is 22.8 Å². The Morgan fingerprint density at radius 1 is 1.00 bits per heavy atom. The zero-order valence-electron chi connectivity index (χ0n) is 6.72. The Labute approximate surface area is 70.4 Å². The topological polar surface area (TPSA) is 25.8 Å². The summed E-state index contributed by atoms with van der Waals surface area (Å²) in [5, 5.41) is 0. The van der Waals surface area contributed by atoms with Crippen molar-refractivity contribution in [2.75, 3.05) is 0 Å². The van der Waals surface area contributed by atoms with Crippen molar-refractivity contribution in [3.05, 3.63) is 22.8 Å². The van der Waals surface area contributed by atoms with Gasteiger partial charge in [-0.05, 0) is 13.8 Å². The third-order valence-electron chi connectivity index (χ3n) is 1.94. The Bertz CT molecular complexity index is 267. The highest BCUT2D eigenvalue weighted by molar-refractivity contribution is 7.98. The quantitative estimate of drug-likeness (QED) is 0.588. The molecule has 1 aromatic heterocycles. The minimum absolute atomic E-state index is 1.05. The molecule has 1 aliphatic heterocycles. The van der Waals surface area contributed by atoms with Crippen molar-refractivity contribution >= 4 is 11.8 Å². The molecule has 0 N–H and O–H groups in total. The Hall–Kier alpha value is -0.570. The molecule has 0 saturated carbocycles. The van der Waals surface area contributed by atoms with Gasteiger partial charge < -0.3 is 0 Å². The van der Waals surface area contributed by atoms with Crippen molar-refractivity contribution < 1.29 is 0 Å². The minimum atomic E-state index is 1.05. The highest BCUT2D eigenvalue weighted by Gasteiger charge is 2.14. The third-order valence-corrected chi connectivity index (χ3v) is 2.89. The molecular formula is C8H10N2S. The zero-order valence-corrected chi connectivity index (χ0v) is 7.53. The van der Waals surface area contributed by atoms with Crippen molar-refractivity contribution in [1.82, 2.24) is 9.97 Å². The minimum Gasteiger partial charge on any atom is -0.253 e. The molecule has 0 atom stereocenters. The molecule has 0 aliphatic carbocycles. The molecule has 0 radical (unpaired) electrons. The average Bonchev–Trinajstić information content (AvgIpc) is 2.36. The molecule has 0 aromatic carbocycles. The van der Waals surface area contributed by atoms with E-state index >= 15 is 0 Å². The molecule has 2 rings (SSSR count). The number of fused-ring (bicyclic) bond motifs is 1. The normalized spacial score (nSPS) is 15.1. The molecule has 3 heteroatoms. The molecule has 0 fully saturated rings. The molecule has 11 heavy (non-hydrogen) atoms. The molecule has 0 unspecified atom stereocenters. The number of thioether (sulfide) groups is 1. The van der Waals surface area contributed by atoms with Gasteiger partial charge in [0.15, 0.2) is 0 Å². The van der Waals surface area contributed by atoms with Crippen LogP contribution in [-0.4, -0.2) is 9.97 Å². The highest BCUT2D eigenvalue weighted by atomic mass is 32.2. The molecule has 0 spiro atoms. The van der Waals surface area contributed by atoms with E-state index in [-0.39, 0.29) is 0 Å². The first-order chi connectivity index (χ1) is 5.27. The van der Waals surface area contributed by atoms with E-state index in [0.717, 1.165) is 22.9 Å². The summed E-state index contributed by atoms with van der Waals surface area (Å²) in [4.78, 5) is 8.94. The van der Waals surface area contributed by atoms with Crippen molar-refractivity contribution in [2.24, 2.45) is 0 Å². The largest absolute Gasteiger partial charge is 0.253 e. The van der Waals surface area contributed by atoms with Gasteiger partial charge >= 0.3 is 0 Å². The second-order valence-corrected chi connectivity index (χ2v) is 3.77. The molecule has 58 valence electrons. The lowest BCUT2D eigenvalue weighted by Gasteiger charge is -2.01. The van der Waals surface area contributed by atoms with E-state index in [0.29, 0.717) is 0 Å². The molecule has 0 bridgehead atoms. The van der Waals surface area contributed by atoms with Crippen LogP contribution in [0.4, 0.5) is 0 Å². The first kappa shape index (κ1) is 7.10. The third kappa shape index (κ3) is 1.13. The summed E-state index contributed by atoms with van der Waals surface area (Å²) < 4.78 is 0. The molecule has 1 aromatic rings. The Morgan fingerprint density at radius 2 is 1.45 bits per heavy atom. The van der Waals surface area contributed by atoms with Crippen LogP contribution in [0.5, 0.6) is 0 Å². The first-order valence-electron chi connectivity index (χ1n) is 3.68. The fourth-order valence-corrected chi connectivity index (χ4v) is 2.12. The number of nitrogens with zero attached hydrogens (tertiary/aromatic N) is 2. The van der Waals surface area contributed by atoms with E-state index in [2.05, 4.69) is 9.97 Å². The standard InChI is InChI=1S/C8H10N2S/c1-5-6(2)10-8-4-11-3-7(8)9-5/h3-4H2,1-2H3. The number of aromatic nitrogens is 2. The number of hydrogen-bond donors (Lipinski definition) is 0. The van der Waals surface area contributed by atoms with Crippen LogP contribution < -0.4 is 0 Å². The Morgan fingerprint density at radius 3 is 1.91 bits per heavy atom. The summed E-state index contributed by atoms with van der Waals surface area (Å²) in [5.74, 6) is 2.09. The number of rotatable bonds is 0. The van der Waals surface area contributed by atoms with Gasteiger partial charge in [-0.15, -0.1) is 11.8 Å². The Balaban J connectivity index is 2.57. The van der Waals surface area contributed by atoms with Crippen molar-refractivity contribution in [3.8, 4) is 0 Å². The maximum absolute atomic E-state index is 4.47. The lowest BCUT2D eigenvalue weighted by molar-refractivity contribution is 0.961. The highest BCUT2D eigenvalue weighted by Crippen LogP contribution is 2.26. The summed E-state index contributed by atoms with van der Waals surface area (Å²) in [6.07, 6.45) is 0. The smallest absolute Gasteiger partial charge is 0.0729 e. The van der Waals surface area contributed by atoms with Crippen molar-refractivity contribution in [3.63, 3.8) is 0 Å². The predicted molar refractivity (Wildman–Crippen MR) is 46.5 cm³/mol. The summed E-state index contributed by atoms with van der Waals surface area (Å²) in [6, 6.07) is 0. The van der Waals surface area contributed by atoms with Gasteiger partial charge in [0.25, 0.3) is 0 Å². The van der Waals surface area contributed by atoms with Gasteiger partial charge in [-0.2, -0.15) is 0 Å². The SMILES string of the molecule is Cc1nc2c(nc1C)CSC2. The van der Waals surface area contributed by atoms with Crippen LogP contribution in [0.25, 0.3) is 0 Å². The van der Waals surface area contributed by atoms with E-state index < -0.39 is 0 Å². The molecular weight excluding hydrogens is 156 g/mol. The molecule has 2 heterocycles. The molecule has 1 aliphatic rings. The average molecular weight is 166 g/mol. The summed E-state index contributed by atoms with van der Waals surface area (Å²) in [5.41, 5.74) is 4.54. The van der Waals surface area contributed by atoms with Crippen LogP contribution in [0, 0.1) is 13.8 Å². The van der Waals surface area contributed by atoms with E-state index in [1.54, 1.807) is 0 Å². The van der Waals surface area contributed by atoms with Crippen LogP contribution in [-0.2, 0) is 11.5 Å². The van der Waals surface area contributed by atoms with Gasteiger partial charge in [0.05, 0.1) is 22.8 Å². The molecule has 0 saturated heterocycles. The summed E-state index contributed by atoms with van der Waals surface area (Å²) >= 11 is 1.90. The van der Waals surface area contributed by atoms with Gasteiger partial charge in [0.2, 0.25) is 0 Å². The van der Waals surface area contributed by atoms with E-state index in [1.807, 2.05) is 25.6 Å². The number of hydrogen-bond acceptors (Lipinski definition) is 3. The van der Waals surface area contributed by atoms with Crippen LogP contribution >= 0.6 is 11.8 Å². The first-order valence-corrected chi connectivity index (χ1v) is 4.83. The van der Waals surface area contributed by atoms with Gasteiger partial charge in [0, 0.05) is 11.5 Å². The second kappa shape index (κ2) is 2.48. The van der Waals surface area contributed by atoms with Crippen molar-refractivity contribution in [1.29, 1.82) is 0 Å². The number of aryl methyl sites for hydroxylation is 2. The summed E-state index contributed by atoms with van der Waals surface area (Å²) in [7, 11) is 0. The van der Waals surface area contributed by atoms with Crippen LogP contribution in [0.2, 0.25) is 0 Å². The fourth-order valence-electron chi connectivity index (χ4n) is 1.17. The monoisotopic (exact) mass is 166 g/mol. The lowest BCUT2D eigenvalue weighted by Crippen LogP contribution is -1.98. The van der Waals surface area contributed by atoms with E-state index in [4.69, 9.17) is 0 Å². The Kier molecular flexibility index (Phi) is 1.60. The van der Waals surface area contributed by atoms with E-state index in [1.165, 1.54) is 11.4 Å². The van der Waals surface area contributed by atoms with Gasteiger partial charge in [0.1, 0.15) is 0 Å². The maximum atomic E-state index is 4.47. The van der Waals surface area contributed by atoms with Crippen LogP contribution in [0.3, 0.4) is 0 Å². The van der Waals surface area contributed by atoms with E-state index in [9.17, 15) is 0 Å². The van der Waals surface area contributed by atoms with Crippen molar-refractivity contribution in [2.45, 2.75) is 25.4 Å². The van der Waals surface area contributed by atoms with Gasteiger partial charge in [-0.3, -0.25) is 9.97 Å². The maximum Gasteiger partial charge on any atom is 0.0729 e. The van der Waals surface area contributed by atoms with Crippen LogP contribution in [0.15, 0.2) is 0 Å². The lowest BCUT2D eigenvalue weighted by atomic mass is 10.3. The van der Waals surface area contributed by atoms with Gasteiger partial charge in [-0.1, -0.05) is 0 Å². The second-order valence-electron chi connectivity index (χ2n) is 2.78. The summed E-state index contributed by atoms with van der Waals surface area (Å²) in [6.45, 7) is 4.04. The molecule has 2 nitrogen and oxygen atoms in total. The predicted octanol–water partition coefficient (Wildman–Crippen LogP) is 1.84.